The smallest absolute Gasteiger partial charge is 0.287 e. The first-order valence-electron chi connectivity index (χ1n) is 6.74. The first-order valence-corrected chi connectivity index (χ1v) is 6.74. The molecule has 2 bridgehead atoms. The molecule has 1 amide bonds. The summed E-state index contributed by atoms with van der Waals surface area (Å²) >= 11 is 0. The molecule has 2 fully saturated rings. The van der Waals surface area contributed by atoms with Crippen LogP contribution in [0.1, 0.15) is 32.1 Å². The minimum atomic E-state index is -0.661. The number of piperidine rings is 1. The lowest BCUT2D eigenvalue weighted by molar-refractivity contribution is -0.385. The molecule has 2 atom stereocenters. The van der Waals surface area contributed by atoms with E-state index < -0.39 is 10.5 Å². The van der Waals surface area contributed by atoms with Gasteiger partial charge < -0.3 is 10.6 Å². The Hall–Kier alpha value is -2.18. The van der Waals surface area contributed by atoms with E-state index in [4.69, 9.17) is 5.73 Å². The molecule has 1 aromatic rings. The van der Waals surface area contributed by atoms with Crippen molar-refractivity contribution in [2.75, 3.05) is 4.90 Å². The predicted molar refractivity (Wildman–Crippen MR) is 72.2 cm³/mol. The van der Waals surface area contributed by atoms with E-state index in [-0.39, 0.29) is 17.6 Å². The van der Waals surface area contributed by atoms with Crippen LogP contribution in [0.4, 0.5) is 11.5 Å². The summed E-state index contributed by atoms with van der Waals surface area (Å²) in [5.41, 5.74) is 4.92. The first kappa shape index (κ1) is 12.8. The highest BCUT2D eigenvalue weighted by Gasteiger charge is 2.53. The van der Waals surface area contributed by atoms with E-state index in [2.05, 4.69) is 4.98 Å². The molecule has 7 heteroatoms. The van der Waals surface area contributed by atoms with E-state index in [1.807, 2.05) is 4.90 Å². The maximum Gasteiger partial charge on any atom is 0.287 e. The summed E-state index contributed by atoms with van der Waals surface area (Å²) in [6.45, 7) is 0. The lowest BCUT2D eigenvalue weighted by atomic mass is 9.87. The maximum atomic E-state index is 11.9. The number of nitro groups is 1. The molecule has 20 heavy (non-hydrogen) atoms. The van der Waals surface area contributed by atoms with Crippen molar-refractivity contribution in [2.24, 2.45) is 5.73 Å². The molecule has 0 saturated carbocycles. The van der Waals surface area contributed by atoms with Crippen molar-refractivity contribution >= 4 is 17.4 Å². The number of nitrogens with two attached hydrogens (primary N) is 1. The van der Waals surface area contributed by atoms with Crippen LogP contribution in [-0.4, -0.2) is 27.4 Å². The molecule has 2 saturated heterocycles. The Morgan fingerprint density at radius 1 is 1.45 bits per heavy atom. The van der Waals surface area contributed by atoms with E-state index >= 15 is 0 Å². The van der Waals surface area contributed by atoms with Crippen LogP contribution in [0.15, 0.2) is 18.3 Å². The normalized spacial score (nSPS) is 28.4. The zero-order valence-electron chi connectivity index (χ0n) is 11.0. The molecule has 106 valence electrons. The van der Waals surface area contributed by atoms with E-state index in [1.54, 1.807) is 6.07 Å². The quantitative estimate of drug-likeness (QED) is 0.663. The van der Waals surface area contributed by atoms with Crippen molar-refractivity contribution in [1.29, 1.82) is 0 Å². The Morgan fingerprint density at radius 3 is 2.85 bits per heavy atom. The molecule has 0 aromatic carbocycles. The van der Waals surface area contributed by atoms with E-state index in [9.17, 15) is 14.9 Å². The van der Waals surface area contributed by atoms with Gasteiger partial charge in [-0.05, 0) is 38.2 Å². The van der Waals surface area contributed by atoms with Gasteiger partial charge in [0, 0.05) is 12.1 Å². The number of pyridine rings is 1. The fraction of sp³-hybridized carbons (Fsp3) is 0.538. The summed E-state index contributed by atoms with van der Waals surface area (Å²) in [4.78, 5) is 28.3. The Morgan fingerprint density at radius 2 is 2.25 bits per heavy atom. The third-order valence-electron chi connectivity index (χ3n) is 4.49. The fourth-order valence-corrected chi connectivity index (χ4v) is 3.55. The van der Waals surface area contributed by atoms with Crippen LogP contribution in [0.3, 0.4) is 0 Å². The largest absolute Gasteiger partial charge is 0.368 e. The zero-order valence-corrected chi connectivity index (χ0v) is 11.0. The van der Waals surface area contributed by atoms with Crippen molar-refractivity contribution in [3.05, 3.63) is 28.4 Å². The second-order valence-corrected chi connectivity index (χ2v) is 5.48. The van der Waals surface area contributed by atoms with Gasteiger partial charge >= 0.3 is 0 Å². The third-order valence-corrected chi connectivity index (χ3v) is 4.49. The molecule has 1 aromatic heterocycles. The van der Waals surface area contributed by atoms with Gasteiger partial charge in [0.15, 0.2) is 0 Å². The molecule has 2 aliphatic rings. The summed E-state index contributed by atoms with van der Waals surface area (Å²) < 4.78 is 0. The third kappa shape index (κ3) is 1.73. The van der Waals surface area contributed by atoms with E-state index in [0.29, 0.717) is 5.82 Å². The number of hydrogen-bond donors (Lipinski definition) is 1. The minimum absolute atomic E-state index is 0.0498. The van der Waals surface area contributed by atoms with Crippen LogP contribution in [0, 0.1) is 10.1 Å². The molecule has 2 N–H and O–H groups in total. The summed E-state index contributed by atoms with van der Waals surface area (Å²) in [5.74, 6) is 0.288. The number of aromatic nitrogens is 1. The number of fused-ring (bicyclic) bond motifs is 2. The standard InChI is InChI=1S/C13H16N4O3/c14-12(18)13-6-1-2-9(5-7-13)16(13)11-4-3-10(8-15-11)17(19)20/h3-4,8-9H,1-2,5-7H2,(H2,14,18). The van der Waals surface area contributed by atoms with Crippen molar-refractivity contribution in [2.45, 2.75) is 43.7 Å². The molecule has 0 spiro atoms. The summed E-state index contributed by atoms with van der Waals surface area (Å²) in [6, 6.07) is 3.29. The monoisotopic (exact) mass is 276 g/mol. The lowest BCUT2D eigenvalue weighted by Gasteiger charge is -2.43. The molecule has 3 heterocycles. The van der Waals surface area contributed by atoms with Gasteiger partial charge in [-0.15, -0.1) is 0 Å². The Kier molecular flexibility index (Phi) is 2.84. The maximum absolute atomic E-state index is 11.9. The van der Waals surface area contributed by atoms with Gasteiger partial charge in [-0.3, -0.25) is 14.9 Å². The number of amides is 1. The number of nitrogens with zero attached hydrogens (tertiary/aromatic N) is 3. The number of rotatable bonds is 3. The second kappa shape index (κ2) is 4.43. The highest BCUT2D eigenvalue weighted by atomic mass is 16.6. The number of anilines is 1. The number of carbonyl (C=O) groups is 1. The molecular formula is C13H16N4O3. The van der Waals surface area contributed by atoms with Crippen LogP contribution >= 0.6 is 0 Å². The van der Waals surface area contributed by atoms with Crippen molar-refractivity contribution in [3.63, 3.8) is 0 Å². The van der Waals surface area contributed by atoms with Crippen LogP contribution < -0.4 is 10.6 Å². The van der Waals surface area contributed by atoms with Crippen LogP contribution in [0.2, 0.25) is 0 Å². The molecule has 2 aliphatic heterocycles. The lowest BCUT2D eigenvalue weighted by Crippen LogP contribution is -2.58. The van der Waals surface area contributed by atoms with Gasteiger partial charge in [-0.1, -0.05) is 0 Å². The van der Waals surface area contributed by atoms with Crippen LogP contribution in [-0.2, 0) is 4.79 Å². The Balaban J connectivity index is 1.99. The fourth-order valence-electron chi connectivity index (χ4n) is 3.55. The summed E-state index contributed by atoms with van der Waals surface area (Å²) in [6.07, 6.45) is 5.62. The Bertz CT molecular complexity index is 555. The van der Waals surface area contributed by atoms with Crippen molar-refractivity contribution < 1.29 is 9.72 Å². The van der Waals surface area contributed by atoms with Gasteiger partial charge in [0.05, 0.1) is 4.92 Å². The molecule has 7 nitrogen and oxygen atoms in total. The predicted octanol–water partition coefficient (Wildman–Crippen LogP) is 1.37. The van der Waals surface area contributed by atoms with E-state index in [0.717, 1.165) is 32.1 Å². The SMILES string of the molecule is NC(=O)C12CCCC(CC1)N2c1ccc([N+](=O)[O-])cn1. The van der Waals surface area contributed by atoms with Gasteiger partial charge in [-0.2, -0.15) is 0 Å². The number of primary amides is 1. The highest BCUT2D eigenvalue weighted by Crippen LogP contribution is 2.46. The van der Waals surface area contributed by atoms with Crippen LogP contribution in [0.25, 0.3) is 0 Å². The Labute approximate surface area is 115 Å². The molecule has 2 unspecified atom stereocenters. The minimum Gasteiger partial charge on any atom is -0.368 e. The highest BCUT2D eigenvalue weighted by molar-refractivity contribution is 5.89. The zero-order chi connectivity index (χ0) is 14.3. The van der Waals surface area contributed by atoms with Crippen molar-refractivity contribution in [1.82, 2.24) is 4.98 Å². The van der Waals surface area contributed by atoms with Gasteiger partial charge in [0.25, 0.3) is 5.69 Å². The second-order valence-electron chi connectivity index (χ2n) is 5.48. The first-order chi connectivity index (χ1) is 9.54. The van der Waals surface area contributed by atoms with Crippen molar-refractivity contribution in [3.8, 4) is 0 Å². The van der Waals surface area contributed by atoms with Gasteiger partial charge in [0.2, 0.25) is 5.91 Å². The average molecular weight is 276 g/mol. The number of hydrogen-bond acceptors (Lipinski definition) is 5. The summed E-state index contributed by atoms with van der Waals surface area (Å²) in [7, 11) is 0. The molecule has 3 rings (SSSR count). The summed E-state index contributed by atoms with van der Waals surface area (Å²) in [5, 5.41) is 10.7. The average Bonchev–Trinajstić information content (AvgIpc) is 2.66. The molecule has 0 radical (unpaired) electrons. The van der Waals surface area contributed by atoms with Gasteiger partial charge in [0.1, 0.15) is 17.6 Å². The topological polar surface area (TPSA) is 102 Å². The van der Waals surface area contributed by atoms with Crippen LogP contribution in [0.5, 0.6) is 0 Å². The molecule has 0 aliphatic carbocycles. The van der Waals surface area contributed by atoms with Gasteiger partial charge in [-0.25, -0.2) is 4.98 Å². The molecular weight excluding hydrogens is 260 g/mol. The van der Waals surface area contributed by atoms with E-state index in [1.165, 1.54) is 12.3 Å². The number of carbonyl (C=O) groups excluding carboxylic acids is 1.